The first kappa shape index (κ1) is 24.8. The first-order valence-corrected chi connectivity index (χ1v) is 12.3. The zero-order valence-electron chi connectivity index (χ0n) is 18.7. The monoisotopic (exact) mass is 532 g/mol. The van der Waals surface area contributed by atoms with Gasteiger partial charge in [0.25, 0.3) is 5.91 Å². The van der Waals surface area contributed by atoms with Crippen LogP contribution in [0.25, 0.3) is 6.08 Å². The van der Waals surface area contributed by atoms with Crippen molar-refractivity contribution in [3.63, 3.8) is 0 Å². The number of fused-ring (bicyclic) bond motifs is 1. The van der Waals surface area contributed by atoms with E-state index in [2.05, 4.69) is 21.2 Å². The van der Waals surface area contributed by atoms with Crippen molar-refractivity contribution in [3.8, 4) is 17.6 Å². The van der Waals surface area contributed by atoms with Crippen LogP contribution < -0.4 is 14.8 Å². The Hall–Kier alpha value is -2.83. The third-order valence-electron chi connectivity index (χ3n) is 5.09. The Bertz CT molecular complexity index is 1130. The maximum Gasteiger partial charge on any atom is 0.341 e. The highest BCUT2D eigenvalue weighted by Crippen LogP contribution is 2.39. The number of amides is 1. The number of nitrogens with zero attached hydrogens (tertiary/aromatic N) is 1. The summed E-state index contributed by atoms with van der Waals surface area (Å²) in [5.74, 6) is -0.0189. The van der Waals surface area contributed by atoms with Crippen LogP contribution in [-0.4, -0.2) is 32.2 Å². The van der Waals surface area contributed by atoms with Crippen LogP contribution in [0, 0.1) is 11.3 Å². The van der Waals surface area contributed by atoms with Crippen LogP contribution in [-0.2, 0) is 22.4 Å². The summed E-state index contributed by atoms with van der Waals surface area (Å²) in [6.45, 7) is 4.32. The number of methoxy groups -OCH3 is 1. The van der Waals surface area contributed by atoms with Crippen LogP contribution in [0.3, 0.4) is 0 Å². The number of esters is 1. The van der Waals surface area contributed by atoms with E-state index in [-0.39, 0.29) is 12.2 Å². The molecule has 0 bridgehead atoms. The smallest absolute Gasteiger partial charge is 0.341 e. The highest BCUT2D eigenvalue weighted by atomic mass is 79.9. The number of aryl methyl sites for hydroxylation is 1. The van der Waals surface area contributed by atoms with Crippen LogP contribution in [0.2, 0.25) is 0 Å². The van der Waals surface area contributed by atoms with Crippen molar-refractivity contribution in [2.24, 2.45) is 0 Å². The molecule has 1 aromatic heterocycles. The number of rotatable bonds is 8. The van der Waals surface area contributed by atoms with Crippen molar-refractivity contribution < 1.29 is 23.8 Å². The van der Waals surface area contributed by atoms with Gasteiger partial charge in [-0.1, -0.05) is 0 Å². The van der Waals surface area contributed by atoms with Crippen molar-refractivity contribution in [2.75, 3.05) is 25.6 Å². The van der Waals surface area contributed by atoms with Gasteiger partial charge in [0.1, 0.15) is 16.6 Å². The van der Waals surface area contributed by atoms with Crippen molar-refractivity contribution in [1.29, 1.82) is 5.26 Å². The number of anilines is 1. The fourth-order valence-electron chi connectivity index (χ4n) is 3.67. The predicted molar refractivity (Wildman–Crippen MR) is 131 cm³/mol. The predicted octanol–water partition coefficient (Wildman–Crippen LogP) is 5.52. The number of halogens is 1. The molecule has 2 aromatic rings. The first-order valence-electron chi connectivity index (χ1n) is 10.7. The highest BCUT2D eigenvalue weighted by Gasteiger charge is 2.28. The fraction of sp³-hybridized carbons (Fsp3) is 0.375. The molecule has 1 amide bonds. The van der Waals surface area contributed by atoms with Gasteiger partial charge in [0.15, 0.2) is 11.5 Å². The maximum atomic E-state index is 13.0. The molecule has 1 aromatic carbocycles. The van der Waals surface area contributed by atoms with Crippen LogP contribution in [0.4, 0.5) is 5.00 Å². The summed E-state index contributed by atoms with van der Waals surface area (Å²) in [5, 5.41) is 12.9. The molecule has 1 N–H and O–H groups in total. The maximum absolute atomic E-state index is 13.0. The van der Waals surface area contributed by atoms with Gasteiger partial charge < -0.3 is 19.5 Å². The van der Waals surface area contributed by atoms with E-state index in [0.717, 1.165) is 36.1 Å². The number of hydrogen-bond acceptors (Lipinski definition) is 7. The average Bonchev–Trinajstić information content (AvgIpc) is 3.16. The Morgan fingerprint density at radius 3 is 2.67 bits per heavy atom. The fourth-order valence-corrected chi connectivity index (χ4v) is 5.51. The second kappa shape index (κ2) is 11.3. The van der Waals surface area contributed by atoms with Crippen molar-refractivity contribution in [2.45, 2.75) is 39.5 Å². The number of carbonyl (C=O) groups is 2. The van der Waals surface area contributed by atoms with E-state index in [0.29, 0.717) is 38.7 Å². The second-order valence-electron chi connectivity index (χ2n) is 7.23. The Labute approximate surface area is 205 Å². The Kier molecular flexibility index (Phi) is 8.53. The Morgan fingerprint density at radius 2 is 2.00 bits per heavy atom. The Morgan fingerprint density at radius 1 is 1.24 bits per heavy atom. The SMILES string of the molecule is CCOC(=O)c1c(NC(=O)C(C#N)=Cc2cc(Br)c(OCC)c(OC)c2)sc2c1CCCC2. The molecule has 33 heavy (non-hydrogen) atoms. The summed E-state index contributed by atoms with van der Waals surface area (Å²) in [6.07, 6.45) is 5.14. The minimum atomic E-state index is -0.592. The van der Waals surface area contributed by atoms with Gasteiger partial charge in [0.05, 0.1) is 30.4 Å². The molecular weight excluding hydrogens is 508 g/mol. The van der Waals surface area contributed by atoms with Crippen LogP contribution in [0.5, 0.6) is 11.5 Å². The highest BCUT2D eigenvalue weighted by molar-refractivity contribution is 9.10. The summed E-state index contributed by atoms with van der Waals surface area (Å²) >= 11 is 4.83. The van der Waals surface area contributed by atoms with E-state index < -0.39 is 11.9 Å². The summed E-state index contributed by atoms with van der Waals surface area (Å²) in [5.41, 5.74) is 1.84. The van der Waals surface area contributed by atoms with Gasteiger partial charge >= 0.3 is 5.97 Å². The minimum absolute atomic E-state index is 0.103. The molecule has 1 heterocycles. The number of nitrogens with one attached hydrogen (secondary N) is 1. The summed E-state index contributed by atoms with van der Waals surface area (Å²) < 4.78 is 16.8. The zero-order valence-corrected chi connectivity index (χ0v) is 21.2. The number of thiophene rings is 1. The lowest BCUT2D eigenvalue weighted by Crippen LogP contribution is -2.16. The van der Waals surface area contributed by atoms with Gasteiger partial charge in [-0.05, 0) is 84.8 Å². The normalized spacial score (nSPS) is 13.0. The van der Waals surface area contributed by atoms with E-state index in [1.54, 1.807) is 19.1 Å². The molecule has 0 atom stereocenters. The zero-order chi connectivity index (χ0) is 24.0. The van der Waals surface area contributed by atoms with Crippen LogP contribution >= 0.6 is 27.3 Å². The molecule has 1 aliphatic carbocycles. The molecule has 3 rings (SSSR count). The van der Waals surface area contributed by atoms with Crippen molar-refractivity contribution in [1.82, 2.24) is 0 Å². The molecule has 0 spiro atoms. The third kappa shape index (κ3) is 5.57. The van der Waals surface area contributed by atoms with E-state index in [9.17, 15) is 14.9 Å². The van der Waals surface area contributed by atoms with Gasteiger partial charge in [0, 0.05) is 4.88 Å². The molecule has 0 unspecified atom stereocenters. The molecule has 0 aliphatic heterocycles. The van der Waals surface area contributed by atoms with Crippen molar-refractivity contribution >= 4 is 50.2 Å². The Balaban J connectivity index is 1.93. The molecule has 174 valence electrons. The lowest BCUT2D eigenvalue weighted by atomic mass is 9.95. The van der Waals surface area contributed by atoms with Gasteiger partial charge in [0.2, 0.25) is 0 Å². The quantitative estimate of drug-likeness (QED) is 0.273. The lowest BCUT2D eigenvalue weighted by Gasteiger charge is -2.13. The standard InChI is InChI=1S/C24H25BrN2O5S/c1-4-31-21-17(25)11-14(12-18(21)30-3)10-15(13-26)22(28)27-23-20(24(29)32-5-2)16-8-6-7-9-19(16)33-23/h10-12H,4-9H2,1-3H3,(H,27,28). The number of ether oxygens (including phenoxy) is 3. The van der Waals surface area contributed by atoms with Crippen molar-refractivity contribution in [3.05, 3.63) is 43.7 Å². The second-order valence-corrected chi connectivity index (χ2v) is 9.19. The third-order valence-corrected chi connectivity index (χ3v) is 6.89. The van der Waals surface area contributed by atoms with E-state index in [1.165, 1.54) is 24.5 Å². The lowest BCUT2D eigenvalue weighted by molar-refractivity contribution is -0.112. The number of nitriles is 1. The summed E-state index contributed by atoms with van der Waals surface area (Å²) in [7, 11) is 1.52. The summed E-state index contributed by atoms with van der Waals surface area (Å²) in [6, 6.07) is 5.38. The molecule has 0 fully saturated rings. The minimum Gasteiger partial charge on any atom is -0.493 e. The molecule has 1 aliphatic rings. The molecule has 0 saturated carbocycles. The molecule has 0 radical (unpaired) electrons. The topological polar surface area (TPSA) is 97.7 Å². The van der Waals surface area contributed by atoms with Crippen LogP contribution in [0.1, 0.15) is 53.1 Å². The number of carbonyl (C=O) groups excluding carboxylic acids is 2. The molecular formula is C24H25BrN2O5S. The van der Waals surface area contributed by atoms with Gasteiger partial charge in [-0.15, -0.1) is 11.3 Å². The average molecular weight is 533 g/mol. The van der Waals surface area contributed by atoms with E-state index in [1.807, 2.05) is 13.0 Å². The molecule has 0 saturated heterocycles. The first-order chi connectivity index (χ1) is 15.9. The van der Waals surface area contributed by atoms with E-state index in [4.69, 9.17) is 14.2 Å². The van der Waals surface area contributed by atoms with Crippen LogP contribution in [0.15, 0.2) is 22.2 Å². The molecule has 7 nitrogen and oxygen atoms in total. The number of hydrogen-bond donors (Lipinski definition) is 1. The van der Waals surface area contributed by atoms with Gasteiger partial charge in [-0.3, -0.25) is 4.79 Å². The van der Waals surface area contributed by atoms with Gasteiger partial charge in [-0.2, -0.15) is 5.26 Å². The van der Waals surface area contributed by atoms with Gasteiger partial charge in [-0.25, -0.2) is 4.79 Å². The number of benzene rings is 1. The van der Waals surface area contributed by atoms with E-state index >= 15 is 0 Å². The summed E-state index contributed by atoms with van der Waals surface area (Å²) in [4.78, 5) is 26.7. The largest absolute Gasteiger partial charge is 0.493 e. The molecule has 9 heteroatoms.